The highest BCUT2D eigenvalue weighted by Gasteiger charge is 2.38. The predicted octanol–water partition coefficient (Wildman–Crippen LogP) is 5.72. The minimum Gasteiger partial charge on any atom is -0.494 e. The molecular formula is C28H35N3O2. The lowest BCUT2D eigenvalue weighted by Gasteiger charge is -2.24. The van der Waals surface area contributed by atoms with Gasteiger partial charge >= 0.3 is 0 Å². The standard InChI is InChI=1S/C28H35N3O2/c1-2-21-13-15-24(16-14-21)33-18-8-7-17-30-26-12-6-5-11-25(26)29-28(30)22-19-27(32)31(20-22)23-9-3-4-10-23/h5-6,11-16,22-23H,2-4,7-10,17-20H2,1H3. The summed E-state index contributed by atoms with van der Waals surface area (Å²) in [5, 5.41) is 0. The maximum absolute atomic E-state index is 12.8. The third-order valence-electron chi connectivity index (χ3n) is 7.35. The van der Waals surface area contributed by atoms with Crippen molar-refractivity contribution in [1.29, 1.82) is 0 Å². The molecule has 0 radical (unpaired) electrons. The molecule has 2 aromatic carbocycles. The number of amides is 1. The lowest BCUT2D eigenvalue weighted by atomic mass is 10.1. The number of benzene rings is 2. The van der Waals surface area contributed by atoms with E-state index in [-0.39, 0.29) is 5.92 Å². The van der Waals surface area contributed by atoms with Crippen LogP contribution < -0.4 is 4.74 Å². The van der Waals surface area contributed by atoms with Gasteiger partial charge in [0.25, 0.3) is 0 Å². The molecule has 5 rings (SSSR count). The third kappa shape index (κ3) is 4.78. The van der Waals surface area contributed by atoms with Crippen molar-refractivity contribution in [2.24, 2.45) is 0 Å². The van der Waals surface area contributed by atoms with Crippen LogP contribution in [0.1, 0.15) is 69.2 Å². The van der Waals surface area contributed by atoms with Gasteiger partial charge in [-0.15, -0.1) is 0 Å². The molecule has 5 heteroatoms. The number of para-hydroxylation sites is 2. The molecule has 2 aliphatic rings. The van der Waals surface area contributed by atoms with E-state index in [0.29, 0.717) is 25.0 Å². The van der Waals surface area contributed by atoms with Crippen molar-refractivity contribution in [2.75, 3.05) is 13.2 Å². The Kier molecular flexibility index (Phi) is 6.65. The van der Waals surface area contributed by atoms with Gasteiger partial charge in [0.2, 0.25) is 5.91 Å². The molecule has 0 spiro atoms. The molecular weight excluding hydrogens is 410 g/mol. The van der Waals surface area contributed by atoms with Crippen molar-refractivity contribution in [3.05, 3.63) is 59.9 Å². The van der Waals surface area contributed by atoms with Crippen molar-refractivity contribution in [2.45, 2.75) is 76.8 Å². The van der Waals surface area contributed by atoms with Crippen LogP contribution in [0, 0.1) is 0 Å². The second kappa shape index (κ2) is 9.98. The first-order chi connectivity index (χ1) is 16.2. The van der Waals surface area contributed by atoms with Crippen LogP contribution >= 0.6 is 0 Å². The van der Waals surface area contributed by atoms with Crippen LogP contribution in [0.4, 0.5) is 0 Å². The van der Waals surface area contributed by atoms with Gasteiger partial charge in [0.1, 0.15) is 11.6 Å². The molecule has 5 nitrogen and oxygen atoms in total. The Labute approximate surface area is 196 Å². The summed E-state index contributed by atoms with van der Waals surface area (Å²) in [4.78, 5) is 20.0. The number of carbonyl (C=O) groups excluding carboxylic acids is 1. The normalized spacial score (nSPS) is 19.1. The van der Waals surface area contributed by atoms with Gasteiger partial charge in [0.15, 0.2) is 0 Å². The van der Waals surface area contributed by atoms with Gasteiger partial charge in [-0.05, 0) is 61.9 Å². The number of hydrogen-bond donors (Lipinski definition) is 0. The largest absolute Gasteiger partial charge is 0.494 e. The lowest BCUT2D eigenvalue weighted by molar-refractivity contribution is -0.129. The monoisotopic (exact) mass is 445 g/mol. The Morgan fingerprint density at radius 1 is 1.03 bits per heavy atom. The highest BCUT2D eigenvalue weighted by atomic mass is 16.5. The molecule has 2 heterocycles. The number of nitrogens with zero attached hydrogens (tertiary/aromatic N) is 3. The Morgan fingerprint density at radius 3 is 2.61 bits per heavy atom. The molecule has 1 saturated carbocycles. The summed E-state index contributed by atoms with van der Waals surface area (Å²) in [7, 11) is 0. The molecule has 0 N–H and O–H groups in total. The number of aromatic nitrogens is 2. The maximum atomic E-state index is 12.8. The number of rotatable bonds is 9. The van der Waals surface area contributed by atoms with E-state index < -0.39 is 0 Å². The topological polar surface area (TPSA) is 47.4 Å². The zero-order chi connectivity index (χ0) is 22.6. The maximum Gasteiger partial charge on any atom is 0.223 e. The molecule has 2 fully saturated rings. The summed E-state index contributed by atoms with van der Waals surface area (Å²) in [6.45, 7) is 4.61. The van der Waals surface area contributed by atoms with Gasteiger partial charge in [-0.1, -0.05) is 44.0 Å². The highest BCUT2D eigenvalue weighted by Crippen LogP contribution is 2.35. The number of likely N-dealkylation sites (tertiary alicyclic amines) is 1. The summed E-state index contributed by atoms with van der Waals surface area (Å²) in [6, 6.07) is 17.2. The van der Waals surface area contributed by atoms with Gasteiger partial charge in [0, 0.05) is 31.5 Å². The SMILES string of the molecule is CCc1ccc(OCCCCn2c(C3CC(=O)N(C4CCCC4)C3)nc3ccccc32)cc1. The van der Waals surface area contributed by atoms with E-state index in [1.807, 2.05) is 6.07 Å². The van der Waals surface area contributed by atoms with Crippen LogP contribution in [0.5, 0.6) is 5.75 Å². The van der Waals surface area contributed by atoms with Gasteiger partial charge in [-0.3, -0.25) is 4.79 Å². The second-order valence-electron chi connectivity index (χ2n) is 9.55. The summed E-state index contributed by atoms with van der Waals surface area (Å²) >= 11 is 0. The summed E-state index contributed by atoms with van der Waals surface area (Å²) in [6.07, 6.45) is 8.48. The lowest BCUT2D eigenvalue weighted by Crippen LogP contribution is -2.34. The number of fused-ring (bicyclic) bond motifs is 1. The number of unbranched alkanes of at least 4 members (excludes halogenated alkanes) is 1. The van der Waals surface area contributed by atoms with Crippen LogP contribution in [0.15, 0.2) is 48.5 Å². The first kappa shape index (κ1) is 22.0. The minimum atomic E-state index is 0.193. The summed E-state index contributed by atoms with van der Waals surface area (Å²) in [5.74, 6) is 2.53. The first-order valence-electron chi connectivity index (χ1n) is 12.7. The zero-order valence-corrected chi connectivity index (χ0v) is 19.7. The van der Waals surface area contributed by atoms with E-state index in [1.54, 1.807) is 0 Å². The molecule has 1 aliphatic carbocycles. The van der Waals surface area contributed by atoms with E-state index in [4.69, 9.17) is 9.72 Å². The van der Waals surface area contributed by atoms with E-state index in [0.717, 1.165) is 62.3 Å². The van der Waals surface area contributed by atoms with Crippen LogP contribution in [-0.4, -0.2) is 39.6 Å². The van der Waals surface area contributed by atoms with Crippen LogP contribution in [0.2, 0.25) is 0 Å². The fraction of sp³-hybridized carbons (Fsp3) is 0.500. The zero-order valence-electron chi connectivity index (χ0n) is 19.7. The van der Waals surface area contributed by atoms with Crippen molar-refractivity contribution >= 4 is 16.9 Å². The quantitative estimate of drug-likeness (QED) is 0.396. The molecule has 1 atom stereocenters. The number of ether oxygens (including phenoxy) is 1. The molecule has 33 heavy (non-hydrogen) atoms. The smallest absolute Gasteiger partial charge is 0.223 e. The second-order valence-corrected chi connectivity index (χ2v) is 9.55. The van der Waals surface area contributed by atoms with Crippen molar-refractivity contribution in [3.63, 3.8) is 0 Å². The van der Waals surface area contributed by atoms with Gasteiger partial charge in [-0.25, -0.2) is 4.98 Å². The average Bonchev–Trinajstić information content (AvgIpc) is 3.58. The Hall–Kier alpha value is -2.82. The molecule has 1 unspecified atom stereocenters. The summed E-state index contributed by atoms with van der Waals surface area (Å²) < 4.78 is 8.31. The average molecular weight is 446 g/mol. The fourth-order valence-electron chi connectivity index (χ4n) is 5.50. The Balaban J connectivity index is 1.24. The van der Waals surface area contributed by atoms with Crippen LogP contribution in [0.3, 0.4) is 0 Å². The number of imidazole rings is 1. The molecule has 1 aromatic heterocycles. The highest BCUT2D eigenvalue weighted by molar-refractivity contribution is 5.81. The number of carbonyl (C=O) groups is 1. The van der Waals surface area contributed by atoms with Crippen molar-refractivity contribution < 1.29 is 9.53 Å². The Bertz CT molecular complexity index is 1080. The predicted molar refractivity (Wildman–Crippen MR) is 132 cm³/mol. The Morgan fingerprint density at radius 2 is 1.82 bits per heavy atom. The third-order valence-corrected chi connectivity index (χ3v) is 7.35. The van der Waals surface area contributed by atoms with E-state index in [2.05, 4.69) is 58.9 Å². The number of aryl methyl sites for hydroxylation is 2. The van der Waals surface area contributed by atoms with Crippen LogP contribution in [0.25, 0.3) is 11.0 Å². The van der Waals surface area contributed by atoms with Crippen LogP contribution in [-0.2, 0) is 17.8 Å². The van der Waals surface area contributed by atoms with E-state index in [1.165, 1.54) is 23.9 Å². The minimum absolute atomic E-state index is 0.193. The van der Waals surface area contributed by atoms with Gasteiger partial charge < -0.3 is 14.2 Å². The molecule has 1 amide bonds. The molecule has 1 aliphatic heterocycles. The number of hydrogen-bond acceptors (Lipinski definition) is 3. The van der Waals surface area contributed by atoms with E-state index in [9.17, 15) is 4.79 Å². The first-order valence-corrected chi connectivity index (χ1v) is 12.7. The molecule has 3 aromatic rings. The molecule has 174 valence electrons. The fourth-order valence-corrected chi connectivity index (χ4v) is 5.50. The van der Waals surface area contributed by atoms with Crippen molar-refractivity contribution in [3.8, 4) is 5.75 Å². The van der Waals surface area contributed by atoms with Crippen molar-refractivity contribution in [1.82, 2.24) is 14.5 Å². The molecule has 0 bridgehead atoms. The van der Waals surface area contributed by atoms with Gasteiger partial charge in [-0.2, -0.15) is 0 Å². The molecule has 1 saturated heterocycles. The van der Waals surface area contributed by atoms with Gasteiger partial charge in [0.05, 0.1) is 17.6 Å². The van der Waals surface area contributed by atoms with E-state index >= 15 is 0 Å². The summed E-state index contributed by atoms with van der Waals surface area (Å²) in [5.41, 5.74) is 3.54.